The van der Waals surface area contributed by atoms with Crippen LogP contribution in [0.15, 0.2) is 85.1 Å². The van der Waals surface area contributed by atoms with Gasteiger partial charge in [0.25, 0.3) is 5.91 Å². The normalized spacial score (nSPS) is 10.5. The van der Waals surface area contributed by atoms with Gasteiger partial charge in [-0.3, -0.25) is 4.79 Å². The fourth-order valence-corrected chi connectivity index (χ4v) is 3.36. The molecule has 1 N–H and O–H groups in total. The van der Waals surface area contributed by atoms with Crippen molar-refractivity contribution in [2.45, 2.75) is 6.54 Å². The van der Waals surface area contributed by atoms with Gasteiger partial charge in [-0.2, -0.15) is 5.10 Å². The predicted molar refractivity (Wildman–Crippen MR) is 124 cm³/mol. The van der Waals surface area contributed by atoms with Gasteiger partial charge in [0.1, 0.15) is 22.8 Å². The number of hydrogen-bond donors (Lipinski definition) is 1. The molecule has 1 amide bonds. The second-order valence-corrected chi connectivity index (χ2v) is 7.34. The molecule has 0 aliphatic carbocycles. The second kappa shape index (κ2) is 10.4. The van der Waals surface area contributed by atoms with Crippen molar-refractivity contribution in [2.24, 2.45) is 0 Å². The van der Waals surface area contributed by atoms with Gasteiger partial charge >= 0.3 is 5.97 Å². The van der Waals surface area contributed by atoms with E-state index >= 15 is 0 Å². The van der Waals surface area contributed by atoms with E-state index in [1.165, 1.54) is 35.1 Å². The molecular formula is C26H22FN3O4. The molecule has 1 heterocycles. The molecule has 0 atom stereocenters. The van der Waals surface area contributed by atoms with Crippen molar-refractivity contribution in [1.82, 2.24) is 15.1 Å². The number of methoxy groups -OCH3 is 1. The maximum atomic E-state index is 13.4. The Morgan fingerprint density at radius 1 is 0.971 bits per heavy atom. The van der Waals surface area contributed by atoms with Crippen molar-refractivity contribution in [3.05, 3.63) is 102 Å². The molecule has 0 aliphatic heterocycles. The summed E-state index contributed by atoms with van der Waals surface area (Å²) < 4.78 is 25.5. The highest BCUT2D eigenvalue weighted by atomic mass is 19.1. The first-order valence-electron chi connectivity index (χ1n) is 10.5. The quantitative estimate of drug-likeness (QED) is 0.400. The van der Waals surface area contributed by atoms with Crippen LogP contribution in [0.25, 0.3) is 16.9 Å². The molecule has 0 saturated heterocycles. The minimum Gasteiger partial charge on any atom is -0.496 e. The van der Waals surface area contributed by atoms with E-state index in [2.05, 4.69) is 10.4 Å². The number of hydrogen-bond acceptors (Lipinski definition) is 5. The summed E-state index contributed by atoms with van der Waals surface area (Å²) >= 11 is 0. The zero-order valence-electron chi connectivity index (χ0n) is 18.4. The van der Waals surface area contributed by atoms with Gasteiger partial charge in [-0.25, -0.2) is 13.9 Å². The first-order valence-corrected chi connectivity index (χ1v) is 10.5. The highest BCUT2D eigenvalue weighted by molar-refractivity contribution is 5.97. The number of ether oxygens (including phenoxy) is 2. The van der Waals surface area contributed by atoms with E-state index in [4.69, 9.17) is 9.47 Å². The molecule has 0 radical (unpaired) electrons. The fourth-order valence-electron chi connectivity index (χ4n) is 3.36. The molecule has 4 aromatic rings. The largest absolute Gasteiger partial charge is 0.496 e. The topological polar surface area (TPSA) is 82.5 Å². The van der Waals surface area contributed by atoms with Crippen molar-refractivity contribution in [2.75, 3.05) is 13.7 Å². The summed E-state index contributed by atoms with van der Waals surface area (Å²) in [7, 11) is 1.55. The zero-order valence-corrected chi connectivity index (χ0v) is 18.4. The number of rotatable bonds is 8. The number of aromatic nitrogens is 2. The van der Waals surface area contributed by atoms with Gasteiger partial charge in [0.2, 0.25) is 0 Å². The van der Waals surface area contributed by atoms with Crippen molar-refractivity contribution < 1.29 is 23.5 Å². The van der Waals surface area contributed by atoms with E-state index in [-0.39, 0.29) is 12.1 Å². The van der Waals surface area contributed by atoms with Crippen LogP contribution in [0.4, 0.5) is 4.39 Å². The highest BCUT2D eigenvalue weighted by Gasteiger charge is 2.21. The van der Waals surface area contributed by atoms with Gasteiger partial charge in [0.05, 0.1) is 12.8 Å². The molecule has 7 nitrogen and oxygen atoms in total. The van der Waals surface area contributed by atoms with Gasteiger partial charge < -0.3 is 14.8 Å². The lowest BCUT2D eigenvalue weighted by Gasteiger charge is -2.10. The summed E-state index contributed by atoms with van der Waals surface area (Å²) in [5, 5.41) is 7.21. The first-order chi connectivity index (χ1) is 16.5. The Kier molecular flexibility index (Phi) is 6.98. The Balaban J connectivity index is 1.48. The number of para-hydroxylation sites is 2. The monoisotopic (exact) mass is 459 g/mol. The number of carbonyl (C=O) groups excluding carboxylic acids is 2. The third kappa shape index (κ3) is 5.29. The standard InChI is InChI=1S/C26H22FN3O4/c1-33-23-10-6-5-7-19(23)15-28-24(31)17-34-26(32)22-16-30(21-8-3-2-4-9-21)29-25(22)18-11-13-20(27)14-12-18/h2-14,16H,15,17H2,1H3,(H,28,31). The molecule has 3 aromatic carbocycles. The summed E-state index contributed by atoms with van der Waals surface area (Å²) in [4.78, 5) is 25.2. The van der Waals surface area contributed by atoms with Crippen LogP contribution in [0, 0.1) is 5.82 Å². The van der Waals surface area contributed by atoms with Gasteiger partial charge in [0, 0.05) is 23.9 Å². The molecule has 0 unspecified atom stereocenters. The number of nitrogens with one attached hydrogen (secondary N) is 1. The Hall–Kier alpha value is -4.46. The molecule has 0 spiro atoms. The Morgan fingerprint density at radius 2 is 1.68 bits per heavy atom. The number of halogens is 1. The molecule has 172 valence electrons. The fraction of sp³-hybridized carbons (Fsp3) is 0.115. The number of esters is 1. The van der Waals surface area contributed by atoms with Crippen LogP contribution in [0.1, 0.15) is 15.9 Å². The number of carbonyl (C=O) groups is 2. The molecule has 1 aromatic heterocycles. The first kappa shape index (κ1) is 22.7. The van der Waals surface area contributed by atoms with Gasteiger partial charge in [0.15, 0.2) is 6.61 Å². The predicted octanol–water partition coefficient (Wildman–Crippen LogP) is 4.16. The average Bonchev–Trinajstić information content (AvgIpc) is 3.33. The van der Waals surface area contributed by atoms with E-state index < -0.39 is 24.3 Å². The summed E-state index contributed by atoms with van der Waals surface area (Å²) in [6, 6.07) is 22.2. The van der Waals surface area contributed by atoms with Crippen molar-refractivity contribution in [3.8, 4) is 22.7 Å². The van der Waals surface area contributed by atoms with E-state index in [0.717, 1.165) is 11.3 Å². The van der Waals surface area contributed by atoms with Crippen LogP contribution < -0.4 is 10.1 Å². The van der Waals surface area contributed by atoms with Gasteiger partial charge in [-0.1, -0.05) is 36.4 Å². The Morgan fingerprint density at radius 3 is 2.41 bits per heavy atom. The lowest BCUT2D eigenvalue weighted by atomic mass is 10.1. The van der Waals surface area contributed by atoms with Gasteiger partial charge in [-0.05, 0) is 42.5 Å². The van der Waals surface area contributed by atoms with Crippen molar-refractivity contribution in [3.63, 3.8) is 0 Å². The molecule has 34 heavy (non-hydrogen) atoms. The van der Waals surface area contributed by atoms with Crippen LogP contribution in [-0.4, -0.2) is 35.4 Å². The van der Waals surface area contributed by atoms with Crippen LogP contribution in [0.2, 0.25) is 0 Å². The second-order valence-electron chi connectivity index (χ2n) is 7.34. The van der Waals surface area contributed by atoms with Crippen LogP contribution in [0.5, 0.6) is 5.75 Å². The van der Waals surface area contributed by atoms with Crippen LogP contribution >= 0.6 is 0 Å². The average molecular weight is 459 g/mol. The molecule has 0 fully saturated rings. The van der Waals surface area contributed by atoms with Gasteiger partial charge in [-0.15, -0.1) is 0 Å². The smallest absolute Gasteiger partial charge is 0.342 e. The molecule has 8 heteroatoms. The third-order valence-electron chi connectivity index (χ3n) is 5.08. The highest BCUT2D eigenvalue weighted by Crippen LogP contribution is 2.25. The molecule has 0 saturated carbocycles. The third-order valence-corrected chi connectivity index (χ3v) is 5.08. The summed E-state index contributed by atoms with van der Waals surface area (Å²) in [5.74, 6) is -0.925. The number of benzene rings is 3. The number of amides is 1. The molecular weight excluding hydrogens is 437 g/mol. The van der Waals surface area contributed by atoms with E-state index in [0.29, 0.717) is 17.0 Å². The maximum absolute atomic E-state index is 13.4. The minimum atomic E-state index is -0.714. The lowest BCUT2D eigenvalue weighted by molar-refractivity contribution is -0.124. The molecule has 0 bridgehead atoms. The van der Waals surface area contributed by atoms with E-state index in [9.17, 15) is 14.0 Å². The van der Waals surface area contributed by atoms with Crippen LogP contribution in [0.3, 0.4) is 0 Å². The summed E-state index contributed by atoms with van der Waals surface area (Å²) in [5.41, 5.74) is 2.56. The van der Waals surface area contributed by atoms with Crippen molar-refractivity contribution >= 4 is 11.9 Å². The van der Waals surface area contributed by atoms with Crippen LogP contribution in [-0.2, 0) is 16.1 Å². The zero-order chi connectivity index (χ0) is 23.9. The SMILES string of the molecule is COc1ccccc1CNC(=O)COC(=O)c1cn(-c2ccccc2)nc1-c1ccc(F)cc1. The summed E-state index contributed by atoms with van der Waals surface area (Å²) in [6.45, 7) is -0.236. The number of nitrogens with zero attached hydrogens (tertiary/aromatic N) is 2. The van der Waals surface area contributed by atoms with E-state index in [1.54, 1.807) is 13.2 Å². The van der Waals surface area contributed by atoms with E-state index in [1.807, 2.05) is 48.5 Å². The molecule has 4 rings (SSSR count). The molecule has 0 aliphatic rings. The maximum Gasteiger partial charge on any atom is 0.342 e. The lowest BCUT2D eigenvalue weighted by Crippen LogP contribution is -2.28. The summed E-state index contributed by atoms with van der Waals surface area (Å²) in [6.07, 6.45) is 1.53. The van der Waals surface area contributed by atoms with Crippen molar-refractivity contribution in [1.29, 1.82) is 0 Å². The minimum absolute atomic E-state index is 0.160. The Bertz CT molecular complexity index is 1290. The Labute approximate surface area is 195 Å².